The van der Waals surface area contributed by atoms with Gasteiger partial charge in [0.25, 0.3) is 17.5 Å². The summed E-state index contributed by atoms with van der Waals surface area (Å²) in [4.78, 5) is 37.6. The van der Waals surface area contributed by atoms with Gasteiger partial charge in [-0.15, -0.1) is 0 Å². The van der Waals surface area contributed by atoms with Gasteiger partial charge in [0.05, 0.1) is 29.4 Å². The van der Waals surface area contributed by atoms with Crippen LogP contribution in [0.25, 0.3) is 0 Å². The third-order valence-electron chi connectivity index (χ3n) is 4.38. The van der Waals surface area contributed by atoms with Crippen LogP contribution in [0.5, 0.6) is 0 Å². The summed E-state index contributed by atoms with van der Waals surface area (Å²) in [5.74, 6) is -0.691. The number of morpholine rings is 1. The molecule has 0 atom stereocenters. The first-order valence-electron chi connectivity index (χ1n) is 8.50. The number of benzene rings is 2. The minimum atomic E-state index is -0.549. The molecular weight excluding hydrogens is 350 g/mol. The van der Waals surface area contributed by atoms with Crippen LogP contribution in [-0.2, 0) is 4.74 Å². The van der Waals surface area contributed by atoms with Crippen LogP contribution in [-0.4, -0.2) is 47.9 Å². The van der Waals surface area contributed by atoms with Crippen molar-refractivity contribution >= 4 is 23.2 Å². The monoisotopic (exact) mass is 369 g/mol. The van der Waals surface area contributed by atoms with Gasteiger partial charge >= 0.3 is 0 Å². The molecule has 0 bridgehead atoms. The van der Waals surface area contributed by atoms with Gasteiger partial charge < -0.3 is 15.0 Å². The molecule has 1 aliphatic heterocycles. The quantitative estimate of drug-likeness (QED) is 0.659. The number of para-hydroxylation sites is 1. The topological polar surface area (TPSA) is 102 Å². The van der Waals surface area contributed by atoms with Crippen molar-refractivity contribution in [1.29, 1.82) is 0 Å². The molecule has 2 aromatic rings. The molecule has 2 aromatic carbocycles. The number of hydrogen-bond donors (Lipinski definition) is 1. The molecule has 1 heterocycles. The summed E-state index contributed by atoms with van der Waals surface area (Å²) in [7, 11) is 0. The van der Waals surface area contributed by atoms with Crippen LogP contribution in [0.3, 0.4) is 0 Å². The molecule has 0 aliphatic carbocycles. The maximum absolute atomic E-state index is 12.8. The van der Waals surface area contributed by atoms with E-state index in [0.29, 0.717) is 43.1 Å². The van der Waals surface area contributed by atoms with E-state index >= 15 is 0 Å². The molecule has 140 valence electrons. The lowest BCUT2D eigenvalue weighted by Crippen LogP contribution is -2.41. The molecule has 8 heteroatoms. The number of rotatable bonds is 4. The number of non-ortho nitro benzene ring substituents is 1. The number of ether oxygens (including phenoxy) is 1. The third kappa shape index (κ3) is 4.12. The lowest BCUT2D eigenvalue weighted by Gasteiger charge is -2.27. The molecule has 0 unspecified atom stereocenters. The van der Waals surface area contributed by atoms with E-state index in [1.54, 1.807) is 36.1 Å². The minimum Gasteiger partial charge on any atom is -0.378 e. The molecule has 2 amide bonds. The van der Waals surface area contributed by atoms with Gasteiger partial charge in [-0.1, -0.05) is 18.2 Å². The third-order valence-corrected chi connectivity index (χ3v) is 4.38. The fourth-order valence-corrected chi connectivity index (χ4v) is 2.87. The normalized spacial score (nSPS) is 13.9. The highest BCUT2D eigenvalue weighted by Gasteiger charge is 2.22. The maximum Gasteiger partial charge on any atom is 0.270 e. The Morgan fingerprint density at radius 3 is 2.52 bits per heavy atom. The lowest BCUT2D eigenvalue weighted by atomic mass is 10.1. The SMILES string of the molecule is Cc1ccc([N+](=O)[O-])cc1C(=O)Nc1ccccc1C(=O)N1CCOCC1. The van der Waals surface area contributed by atoms with E-state index in [1.807, 2.05) is 0 Å². The summed E-state index contributed by atoms with van der Waals surface area (Å²) in [5.41, 5.74) is 1.37. The molecule has 27 heavy (non-hydrogen) atoms. The van der Waals surface area contributed by atoms with Crippen LogP contribution in [0.1, 0.15) is 26.3 Å². The first-order valence-corrected chi connectivity index (χ1v) is 8.50. The van der Waals surface area contributed by atoms with E-state index in [2.05, 4.69) is 5.32 Å². The van der Waals surface area contributed by atoms with Crippen molar-refractivity contribution in [2.45, 2.75) is 6.92 Å². The first-order chi connectivity index (χ1) is 13.0. The summed E-state index contributed by atoms with van der Waals surface area (Å²) in [5, 5.41) is 13.7. The fourth-order valence-electron chi connectivity index (χ4n) is 2.87. The predicted octanol–water partition coefficient (Wildman–Crippen LogP) is 2.63. The number of nitrogens with zero attached hydrogens (tertiary/aromatic N) is 2. The predicted molar refractivity (Wildman–Crippen MR) is 99.0 cm³/mol. The zero-order valence-electron chi connectivity index (χ0n) is 14.8. The van der Waals surface area contributed by atoms with Crippen LogP contribution in [0.4, 0.5) is 11.4 Å². The van der Waals surface area contributed by atoms with Gasteiger partial charge in [-0.2, -0.15) is 0 Å². The Hall–Kier alpha value is -3.26. The van der Waals surface area contributed by atoms with Gasteiger partial charge in [-0.25, -0.2) is 0 Å². The number of amides is 2. The molecular formula is C19H19N3O5. The van der Waals surface area contributed by atoms with Gasteiger partial charge in [0.2, 0.25) is 0 Å². The first kappa shape index (κ1) is 18.5. The van der Waals surface area contributed by atoms with Crippen molar-refractivity contribution in [3.63, 3.8) is 0 Å². The van der Waals surface area contributed by atoms with Crippen LogP contribution in [0, 0.1) is 17.0 Å². The number of nitrogens with one attached hydrogen (secondary N) is 1. The average molecular weight is 369 g/mol. The number of hydrogen-bond acceptors (Lipinski definition) is 5. The van der Waals surface area contributed by atoms with E-state index in [1.165, 1.54) is 18.2 Å². The Morgan fingerprint density at radius 2 is 1.81 bits per heavy atom. The molecule has 0 aromatic heterocycles. The van der Waals surface area contributed by atoms with E-state index < -0.39 is 10.8 Å². The van der Waals surface area contributed by atoms with Crippen molar-refractivity contribution < 1.29 is 19.2 Å². The maximum atomic E-state index is 12.8. The highest BCUT2D eigenvalue weighted by molar-refractivity contribution is 6.09. The summed E-state index contributed by atoms with van der Waals surface area (Å²) in [6.45, 7) is 3.64. The van der Waals surface area contributed by atoms with Gasteiger partial charge in [-0.05, 0) is 24.6 Å². The Bertz CT molecular complexity index is 891. The zero-order chi connectivity index (χ0) is 19.4. The molecule has 0 saturated carbocycles. The van der Waals surface area contributed by atoms with Gasteiger partial charge in [0, 0.05) is 30.8 Å². The smallest absolute Gasteiger partial charge is 0.270 e. The highest BCUT2D eigenvalue weighted by Crippen LogP contribution is 2.22. The summed E-state index contributed by atoms with van der Waals surface area (Å²) in [6.07, 6.45) is 0. The van der Waals surface area contributed by atoms with Crippen molar-refractivity contribution in [3.8, 4) is 0 Å². The molecule has 8 nitrogen and oxygen atoms in total. The number of aryl methyl sites for hydroxylation is 1. The molecule has 1 fully saturated rings. The summed E-state index contributed by atoms with van der Waals surface area (Å²) < 4.78 is 5.26. The number of anilines is 1. The second kappa shape index (κ2) is 7.96. The average Bonchev–Trinajstić information content (AvgIpc) is 2.68. The van der Waals surface area contributed by atoms with Crippen LogP contribution in [0.2, 0.25) is 0 Å². The molecule has 0 radical (unpaired) electrons. The Kier molecular flexibility index (Phi) is 5.46. The van der Waals surface area contributed by atoms with Crippen molar-refractivity contribution in [1.82, 2.24) is 4.90 Å². The van der Waals surface area contributed by atoms with Crippen LogP contribution in [0.15, 0.2) is 42.5 Å². The van der Waals surface area contributed by atoms with Crippen LogP contribution < -0.4 is 5.32 Å². The molecule has 0 spiro atoms. The van der Waals surface area contributed by atoms with Crippen molar-refractivity contribution in [3.05, 3.63) is 69.3 Å². The van der Waals surface area contributed by atoms with Crippen molar-refractivity contribution in [2.24, 2.45) is 0 Å². The number of nitro groups is 1. The molecule has 1 N–H and O–H groups in total. The van der Waals surface area contributed by atoms with Crippen LogP contribution >= 0.6 is 0 Å². The van der Waals surface area contributed by atoms with E-state index in [4.69, 9.17) is 4.74 Å². The van der Waals surface area contributed by atoms with Gasteiger partial charge in [-0.3, -0.25) is 19.7 Å². The second-order valence-electron chi connectivity index (χ2n) is 6.16. The van der Waals surface area contributed by atoms with E-state index in [0.717, 1.165) is 0 Å². The highest BCUT2D eigenvalue weighted by atomic mass is 16.6. The van der Waals surface area contributed by atoms with Gasteiger partial charge in [0.15, 0.2) is 0 Å². The fraction of sp³-hybridized carbons (Fsp3) is 0.263. The van der Waals surface area contributed by atoms with E-state index in [-0.39, 0.29) is 17.2 Å². The molecule has 3 rings (SSSR count). The number of carbonyl (C=O) groups is 2. The van der Waals surface area contributed by atoms with Gasteiger partial charge in [0.1, 0.15) is 0 Å². The number of carbonyl (C=O) groups excluding carboxylic acids is 2. The molecule has 1 saturated heterocycles. The largest absolute Gasteiger partial charge is 0.378 e. The Labute approximate surface area is 155 Å². The summed E-state index contributed by atoms with van der Waals surface area (Å²) >= 11 is 0. The number of nitro benzene ring substituents is 1. The molecule has 1 aliphatic rings. The van der Waals surface area contributed by atoms with Crippen molar-refractivity contribution in [2.75, 3.05) is 31.6 Å². The Morgan fingerprint density at radius 1 is 1.11 bits per heavy atom. The standard InChI is InChI=1S/C19H19N3O5/c1-13-6-7-14(22(25)26)12-16(13)18(23)20-17-5-3-2-4-15(17)19(24)21-8-10-27-11-9-21/h2-7,12H,8-11H2,1H3,(H,20,23). The lowest BCUT2D eigenvalue weighted by molar-refractivity contribution is -0.384. The summed E-state index contributed by atoms with van der Waals surface area (Å²) in [6, 6.07) is 10.8. The zero-order valence-corrected chi connectivity index (χ0v) is 14.8. The second-order valence-corrected chi connectivity index (χ2v) is 6.16. The van der Waals surface area contributed by atoms with E-state index in [9.17, 15) is 19.7 Å². The Balaban J connectivity index is 1.86. The minimum absolute atomic E-state index is 0.163.